The molecule has 0 unspecified atom stereocenters. The molecule has 0 bridgehead atoms. The Hall–Kier alpha value is -0.120. The number of likely N-dealkylation sites (N-methyl/N-ethyl adjacent to an activating group) is 1. The summed E-state index contributed by atoms with van der Waals surface area (Å²) in [5, 5.41) is 0. The van der Waals surface area contributed by atoms with Crippen LogP contribution in [0.2, 0.25) is 0 Å². The molecule has 3 nitrogen and oxygen atoms in total. The van der Waals surface area contributed by atoms with E-state index in [1.807, 2.05) is 0 Å². The van der Waals surface area contributed by atoms with Crippen molar-refractivity contribution in [2.24, 2.45) is 11.7 Å². The third-order valence-electron chi connectivity index (χ3n) is 5.46. The van der Waals surface area contributed by atoms with E-state index in [9.17, 15) is 0 Å². The molecule has 0 aromatic heterocycles. The van der Waals surface area contributed by atoms with Crippen molar-refractivity contribution in [1.29, 1.82) is 0 Å². The Kier molecular flexibility index (Phi) is 5.67. The highest BCUT2D eigenvalue weighted by atomic mass is 15.2. The summed E-state index contributed by atoms with van der Waals surface area (Å²) in [7, 11) is 0. The molecule has 3 heteroatoms. The average molecular weight is 267 g/mol. The molecule has 1 saturated carbocycles. The Morgan fingerprint density at radius 2 is 1.89 bits per heavy atom. The van der Waals surface area contributed by atoms with Gasteiger partial charge in [0, 0.05) is 18.6 Å². The van der Waals surface area contributed by atoms with Crippen LogP contribution in [0.1, 0.15) is 52.4 Å². The lowest BCUT2D eigenvalue weighted by atomic mass is 9.81. The van der Waals surface area contributed by atoms with Gasteiger partial charge in [0.05, 0.1) is 0 Å². The zero-order valence-corrected chi connectivity index (χ0v) is 13.0. The van der Waals surface area contributed by atoms with Gasteiger partial charge in [0.15, 0.2) is 0 Å². The van der Waals surface area contributed by atoms with Crippen molar-refractivity contribution < 1.29 is 0 Å². The van der Waals surface area contributed by atoms with Crippen LogP contribution in [0.25, 0.3) is 0 Å². The molecule has 0 aromatic rings. The van der Waals surface area contributed by atoms with Gasteiger partial charge in [-0.1, -0.05) is 20.3 Å². The van der Waals surface area contributed by atoms with E-state index >= 15 is 0 Å². The van der Waals surface area contributed by atoms with Crippen LogP contribution < -0.4 is 5.73 Å². The van der Waals surface area contributed by atoms with Crippen molar-refractivity contribution in [2.45, 2.75) is 57.9 Å². The van der Waals surface area contributed by atoms with Crippen molar-refractivity contribution >= 4 is 0 Å². The number of nitrogens with two attached hydrogens (primary N) is 1. The van der Waals surface area contributed by atoms with Gasteiger partial charge >= 0.3 is 0 Å². The highest BCUT2D eigenvalue weighted by molar-refractivity contribution is 4.97. The van der Waals surface area contributed by atoms with Gasteiger partial charge in [-0.05, 0) is 64.2 Å². The summed E-state index contributed by atoms with van der Waals surface area (Å²) in [6.45, 7) is 11.6. The number of hydrogen-bond donors (Lipinski definition) is 1. The molecule has 2 aliphatic rings. The Bertz CT molecular complexity index is 255. The largest absolute Gasteiger partial charge is 0.329 e. The van der Waals surface area contributed by atoms with Crippen molar-refractivity contribution in [3.05, 3.63) is 0 Å². The predicted molar refractivity (Wildman–Crippen MR) is 82.3 cm³/mol. The minimum absolute atomic E-state index is 0.300. The third kappa shape index (κ3) is 3.50. The Balaban J connectivity index is 1.92. The molecule has 0 aromatic carbocycles. The highest BCUT2D eigenvalue weighted by Gasteiger charge is 2.39. The van der Waals surface area contributed by atoms with Crippen molar-refractivity contribution in [1.82, 2.24) is 9.80 Å². The number of likely N-dealkylation sites (tertiary alicyclic amines) is 1. The van der Waals surface area contributed by atoms with Gasteiger partial charge in [-0.15, -0.1) is 0 Å². The number of rotatable bonds is 7. The lowest BCUT2D eigenvalue weighted by molar-refractivity contribution is 0.0109. The highest BCUT2D eigenvalue weighted by Crippen LogP contribution is 2.33. The van der Waals surface area contributed by atoms with Crippen LogP contribution >= 0.6 is 0 Å². The summed E-state index contributed by atoms with van der Waals surface area (Å²) < 4.78 is 0. The van der Waals surface area contributed by atoms with Crippen LogP contribution in [0, 0.1) is 5.92 Å². The van der Waals surface area contributed by atoms with Gasteiger partial charge in [-0.2, -0.15) is 0 Å². The van der Waals surface area contributed by atoms with E-state index in [1.54, 1.807) is 0 Å². The fourth-order valence-electron chi connectivity index (χ4n) is 3.80. The maximum Gasteiger partial charge on any atom is 0.0356 e. The Labute approximate surface area is 119 Å². The van der Waals surface area contributed by atoms with Crippen LogP contribution in [-0.2, 0) is 0 Å². The van der Waals surface area contributed by atoms with Crippen molar-refractivity contribution in [2.75, 3.05) is 39.3 Å². The van der Waals surface area contributed by atoms with Crippen LogP contribution in [0.3, 0.4) is 0 Å². The first-order valence-electron chi connectivity index (χ1n) is 8.41. The van der Waals surface area contributed by atoms with Crippen LogP contribution in [0.5, 0.6) is 0 Å². The second kappa shape index (κ2) is 7.05. The van der Waals surface area contributed by atoms with Gasteiger partial charge in [0.2, 0.25) is 0 Å². The molecule has 2 N–H and O–H groups in total. The monoisotopic (exact) mass is 267 g/mol. The molecule has 1 aliphatic carbocycles. The molecule has 2 fully saturated rings. The second-order valence-electron chi connectivity index (χ2n) is 6.61. The second-order valence-corrected chi connectivity index (χ2v) is 6.61. The third-order valence-corrected chi connectivity index (χ3v) is 5.46. The minimum Gasteiger partial charge on any atom is -0.329 e. The number of piperidine rings is 1. The zero-order valence-electron chi connectivity index (χ0n) is 13.0. The van der Waals surface area contributed by atoms with E-state index in [1.165, 1.54) is 71.2 Å². The summed E-state index contributed by atoms with van der Waals surface area (Å²) >= 11 is 0. The first-order chi connectivity index (χ1) is 9.24. The fourth-order valence-corrected chi connectivity index (χ4v) is 3.80. The normalized spacial score (nSPS) is 24.6. The Morgan fingerprint density at radius 1 is 1.21 bits per heavy atom. The smallest absolute Gasteiger partial charge is 0.0356 e. The number of hydrogen-bond acceptors (Lipinski definition) is 3. The molecule has 112 valence electrons. The van der Waals surface area contributed by atoms with Crippen molar-refractivity contribution in [3.8, 4) is 0 Å². The maximum absolute atomic E-state index is 6.21. The molecular weight excluding hydrogens is 234 g/mol. The van der Waals surface area contributed by atoms with Crippen molar-refractivity contribution in [3.63, 3.8) is 0 Å². The average Bonchev–Trinajstić information content (AvgIpc) is 2.40. The van der Waals surface area contributed by atoms with E-state index in [4.69, 9.17) is 5.73 Å². The first kappa shape index (κ1) is 15.3. The van der Waals surface area contributed by atoms with E-state index < -0.39 is 0 Å². The zero-order chi connectivity index (χ0) is 13.7. The quantitative estimate of drug-likeness (QED) is 0.768. The minimum atomic E-state index is 0.300. The molecule has 1 aliphatic heterocycles. The van der Waals surface area contributed by atoms with E-state index in [2.05, 4.69) is 23.6 Å². The summed E-state index contributed by atoms with van der Waals surface area (Å²) in [6, 6.07) is 0. The SMILES string of the molecule is CCCN1CCC(CN)(N(CC)CC2CCC2)CC1. The summed E-state index contributed by atoms with van der Waals surface area (Å²) in [5.41, 5.74) is 6.51. The van der Waals surface area contributed by atoms with Gasteiger partial charge in [0.1, 0.15) is 0 Å². The van der Waals surface area contributed by atoms with Gasteiger partial charge in [-0.25, -0.2) is 0 Å². The molecule has 0 radical (unpaired) electrons. The van der Waals surface area contributed by atoms with Crippen LogP contribution in [0.4, 0.5) is 0 Å². The maximum atomic E-state index is 6.21. The summed E-state index contributed by atoms with van der Waals surface area (Å²) in [6.07, 6.45) is 8.14. The predicted octanol–water partition coefficient (Wildman–Crippen LogP) is 2.31. The molecule has 19 heavy (non-hydrogen) atoms. The van der Waals surface area contributed by atoms with E-state index in [-0.39, 0.29) is 0 Å². The Morgan fingerprint density at radius 3 is 2.32 bits per heavy atom. The fraction of sp³-hybridized carbons (Fsp3) is 1.00. The lowest BCUT2D eigenvalue weighted by Gasteiger charge is -2.50. The van der Waals surface area contributed by atoms with Crippen LogP contribution in [0.15, 0.2) is 0 Å². The van der Waals surface area contributed by atoms with E-state index in [0.717, 1.165) is 12.5 Å². The molecular formula is C16H33N3. The summed E-state index contributed by atoms with van der Waals surface area (Å²) in [4.78, 5) is 5.34. The first-order valence-corrected chi connectivity index (χ1v) is 8.41. The number of nitrogens with zero attached hydrogens (tertiary/aromatic N) is 2. The molecule has 0 atom stereocenters. The topological polar surface area (TPSA) is 32.5 Å². The van der Waals surface area contributed by atoms with Gasteiger partial charge in [0.25, 0.3) is 0 Å². The summed E-state index contributed by atoms with van der Waals surface area (Å²) in [5.74, 6) is 0.956. The van der Waals surface area contributed by atoms with E-state index in [0.29, 0.717) is 5.54 Å². The van der Waals surface area contributed by atoms with Gasteiger partial charge < -0.3 is 10.6 Å². The molecule has 2 rings (SSSR count). The molecule has 0 spiro atoms. The lowest BCUT2D eigenvalue weighted by Crippen LogP contribution is -2.60. The molecule has 0 amide bonds. The standard InChI is InChI=1S/C16H33N3/c1-3-10-18-11-8-16(14-17,9-12-18)19(4-2)13-15-6-5-7-15/h15H,3-14,17H2,1-2H3. The molecule has 1 saturated heterocycles. The van der Waals surface area contributed by atoms with Crippen LogP contribution in [-0.4, -0.2) is 54.6 Å². The van der Waals surface area contributed by atoms with Gasteiger partial charge in [-0.3, -0.25) is 4.90 Å². The molecule has 1 heterocycles.